The molecule has 1 atom stereocenters. The summed E-state index contributed by atoms with van der Waals surface area (Å²) in [6, 6.07) is 7.37. The van der Waals surface area contributed by atoms with Crippen molar-refractivity contribution < 1.29 is 14.4 Å². The van der Waals surface area contributed by atoms with Gasteiger partial charge in [-0.05, 0) is 56.3 Å². The first kappa shape index (κ1) is 15.3. The number of carbonyl (C=O) groups excluding carboxylic acids is 3. The van der Waals surface area contributed by atoms with Gasteiger partial charge in [0.1, 0.15) is 5.54 Å². The molecule has 1 aromatic carbocycles. The van der Waals surface area contributed by atoms with Gasteiger partial charge in [0.15, 0.2) is 0 Å². The first-order valence-corrected chi connectivity index (χ1v) is 8.61. The Hall–Kier alpha value is -2.21. The molecule has 2 saturated heterocycles. The Morgan fingerprint density at radius 1 is 1.17 bits per heavy atom. The molecule has 126 valence electrons. The van der Waals surface area contributed by atoms with Gasteiger partial charge in [0, 0.05) is 0 Å². The molecule has 0 aromatic heterocycles. The summed E-state index contributed by atoms with van der Waals surface area (Å²) < 4.78 is 0. The third kappa shape index (κ3) is 2.17. The van der Waals surface area contributed by atoms with Crippen LogP contribution in [0.1, 0.15) is 42.7 Å². The van der Waals surface area contributed by atoms with E-state index in [0.717, 1.165) is 24.8 Å². The van der Waals surface area contributed by atoms with Crippen molar-refractivity contribution in [2.24, 2.45) is 0 Å². The molecule has 4 amide bonds. The smallest absolute Gasteiger partial charge is 0.317 e. The number of imide groups is 2. The monoisotopic (exact) mass is 327 g/mol. The van der Waals surface area contributed by atoms with Gasteiger partial charge < -0.3 is 5.32 Å². The molecule has 6 heteroatoms. The van der Waals surface area contributed by atoms with Crippen molar-refractivity contribution in [3.05, 3.63) is 35.4 Å². The van der Waals surface area contributed by atoms with Crippen LogP contribution >= 0.6 is 0 Å². The molecule has 2 aliphatic heterocycles. The van der Waals surface area contributed by atoms with E-state index in [2.05, 4.69) is 10.6 Å². The van der Waals surface area contributed by atoms with Crippen molar-refractivity contribution in [2.45, 2.75) is 43.6 Å². The highest BCUT2D eigenvalue weighted by Gasteiger charge is 2.56. The minimum absolute atomic E-state index is 0.229. The number of hydrogen-bond acceptors (Lipinski definition) is 4. The van der Waals surface area contributed by atoms with Crippen LogP contribution in [-0.4, -0.2) is 41.4 Å². The molecule has 0 bridgehead atoms. The van der Waals surface area contributed by atoms with Crippen LogP contribution in [0.4, 0.5) is 4.79 Å². The Balaban J connectivity index is 1.71. The highest BCUT2D eigenvalue weighted by Crippen LogP contribution is 2.38. The number of benzene rings is 1. The second-order valence-corrected chi connectivity index (χ2v) is 6.86. The first-order valence-electron chi connectivity index (χ1n) is 8.61. The predicted molar refractivity (Wildman–Crippen MR) is 87.3 cm³/mol. The highest BCUT2D eigenvalue weighted by atomic mass is 16.2. The predicted octanol–water partition coefficient (Wildman–Crippen LogP) is 1.31. The number of nitrogens with one attached hydrogen (secondary N) is 2. The highest BCUT2D eigenvalue weighted by molar-refractivity contribution is 6.15. The zero-order valence-electron chi connectivity index (χ0n) is 13.5. The normalized spacial score (nSPS) is 25.5. The minimum atomic E-state index is -1.01. The lowest BCUT2D eigenvalue weighted by Crippen LogP contribution is -2.58. The van der Waals surface area contributed by atoms with Crippen LogP contribution < -0.4 is 10.6 Å². The lowest BCUT2D eigenvalue weighted by molar-refractivity contribution is -0.141. The van der Waals surface area contributed by atoms with Gasteiger partial charge in [0.2, 0.25) is 5.91 Å². The SMILES string of the molecule is O=C1NC(=O)C2(CCNCC2)N1C(=O)C1CCCc2ccccc21. The average Bonchev–Trinajstić information content (AvgIpc) is 2.84. The number of carbonyl (C=O) groups is 3. The van der Waals surface area contributed by atoms with Gasteiger partial charge in [-0.3, -0.25) is 14.9 Å². The molecule has 3 aliphatic rings. The molecule has 2 fully saturated rings. The van der Waals surface area contributed by atoms with Gasteiger partial charge in [-0.25, -0.2) is 9.69 Å². The molecule has 24 heavy (non-hydrogen) atoms. The van der Waals surface area contributed by atoms with Crippen molar-refractivity contribution >= 4 is 17.8 Å². The van der Waals surface area contributed by atoms with E-state index in [0.29, 0.717) is 25.9 Å². The van der Waals surface area contributed by atoms with Gasteiger partial charge in [0.25, 0.3) is 5.91 Å². The minimum Gasteiger partial charge on any atom is -0.317 e. The van der Waals surface area contributed by atoms with E-state index in [4.69, 9.17) is 0 Å². The molecule has 4 rings (SSSR count). The van der Waals surface area contributed by atoms with Gasteiger partial charge in [-0.15, -0.1) is 0 Å². The van der Waals surface area contributed by atoms with Crippen LogP contribution in [0.2, 0.25) is 0 Å². The van der Waals surface area contributed by atoms with Crippen LogP contribution in [0.25, 0.3) is 0 Å². The molecule has 1 aromatic rings. The van der Waals surface area contributed by atoms with E-state index < -0.39 is 11.6 Å². The van der Waals surface area contributed by atoms with Crippen LogP contribution in [-0.2, 0) is 16.0 Å². The fourth-order valence-electron chi connectivity index (χ4n) is 4.33. The van der Waals surface area contributed by atoms with E-state index in [1.807, 2.05) is 24.3 Å². The lowest BCUT2D eigenvalue weighted by atomic mass is 9.80. The van der Waals surface area contributed by atoms with Gasteiger partial charge in [0.05, 0.1) is 5.92 Å². The van der Waals surface area contributed by atoms with Crippen molar-refractivity contribution in [3.8, 4) is 0 Å². The third-order valence-electron chi connectivity index (χ3n) is 5.59. The molecular formula is C18H21N3O3. The van der Waals surface area contributed by atoms with E-state index >= 15 is 0 Å². The van der Waals surface area contributed by atoms with E-state index in [9.17, 15) is 14.4 Å². The number of hydrogen-bond donors (Lipinski definition) is 2. The Morgan fingerprint density at radius 2 is 1.92 bits per heavy atom. The molecule has 1 unspecified atom stereocenters. The zero-order chi connectivity index (χ0) is 16.7. The van der Waals surface area contributed by atoms with Crippen LogP contribution in [0.3, 0.4) is 0 Å². The van der Waals surface area contributed by atoms with E-state index in [1.165, 1.54) is 10.5 Å². The van der Waals surface area contributed by atoms with Crippen molar-refractivity contribution in [2.75, 3.05) is 13.1 Å². The van der Waals surface area contributed by atoms with Gasteiger partial charge in [-0.2, -0.15) is 0 Å². The summed E-state index contributed by atoms with van der Waals surface area (Å²) in [5.41, 5.74) is 1.17. The summed E-state index contributed by atoms with van der Waals surface area (Å²) in [4.78, 5) is 39.4. The van der Waals surface area contributed by atoms with Gasteiger partial charge >= 0.3 is 6.03 Å². The van der Waals surface area contributed by atoms with Crippen molar-refractivity contribution in [3.63, 3.8) is 0 Å². The summed E-state index contributed by atoms with van der Waals surface area (Å²) in [5, 5.41) is 5.57. The maximum absolute atomic E-state index is 13.3. The second-order valence-electron chi connectivity index (χ2n) is 6.86. The molecule has 1 aliphatic carbocycles. The Morgan fingerprint density at radius 3 is 2.71 bits per heavy atom. The molecule has 0 radical (unpaired) electrons. The number of aryl methyl sites for hydroxylation is 1. The zero-order valence-corrected chi connectivity index (χ0v) is 13.5. The van der Waals surface area contributed by atoms with Crippen molar-refractivity contribution in [1.29, 1.82) is 0 Å². The third-order valence-corrected chi connectivity index (χ3v) is 5.59. The van der Waals surface area contributed by atoms with E-state index in [1.54, 1.807) is 0 Å². The molecule has 6 nitrogen and oxygen atoms in total. The number of piperidine rings is 1. The lowest BCUT2D eigenvalue weighted by Gasteiger charge is -2.39. The summed E-state index contributed by atoms with van der Waals surface area (Å²) >= 11 is 0. The van der Waals surface area contributed by atoms with Crippen LogP contribution in [0.5, 0.6) is 0 Å². The maximum Gasteiger partial charge on any atom is 0.331 e. The Kier molecular flexibility index (Phi) is 3.64. The average molecular weight is 327 g/mol. The summed E-state index contributed by atoms with van der Waals surface area (Å²) in [5.74, 6) is -0.891. The fourth-order valence-corrected chi connectivity index (χ4v) is 4.33. The standard InChI is InChI=1S/C18H21N3O3/c22-15(14-7-3-5-12-4-1-2-6-13(12)14)21-17(24)20-16(23)18(21)8-10-19-11-9-18/h1-2,4,6,14,19H,3,5,7-11H2,(H,20,23,24). The summed E-state index contributed by atoms with van der Waals surface area (Å²) in [6.45, 7) is 1.26. The molecule has 0 saturated carbocycles. The number of fused-ring (bicyclic) bond motifs is 1. The molecular weight excluding hydrogens is 306 g/mol. The summed E-state index contributed by atoms with van der Waals surface area (Å²) in [6.07, 6.45) is 3.56. The quantitative estimate of drug-likeness (QED) is 0.762. The second kappa shape index (κ2) is 5.70. The Labute approximate surface area is 140 Å². The summed E-state index contributed by atoms with van der Waals surface area (Å²) in [7, 11) is 0. The topological polar surface area (TPSA) is 78.5 Å². The number of amides is 4. The van der Waals surface area contributed by atoms with Crippen molar-refractivity contribution in [1.82, 2.24) is 15.5 Å². The van der Waals surface area contributed by atoms with Gasteiger partial charge in [-0.1, -0.05) is 24.3 Å². The molecule has 1 spiro atoms. The van der Waals surface area contributed by atoms with Crippen LogP contribution in [0.15, 0.2) is 24.3 Å². The fraction of sp³-hybridized carbons (Fsp3) is 0.500. The first-order chi connectivity index (χ1) is 11.6. The van der Waals surface area contributed by atoms with E-state index in [-0.39, 0.29) is 17.7 Å². The Bertz CT molecular complexity index is 709. The number of nitrogens with zero attached hydrogens (tertiary/aromatic N) is 1. The molecule has 2 N–H and O–H groups in total. The number of urea groups is 1. The molecule has 2 heterocycles. The number of rotatable bonds is 1. The van der Waals surface area contributed by atoms with Crippen LogP contribution in [0, 0.1) is 0 Å². The maximum atomic E-state index is 13.3. The largest absolute Gasteiger partial charge is 0.331 e.